The molecule has 2 nitrogen and oxygen atoms in total. The Morgan fingerprint density at radius 3 is 2.67 bits per heavy atom. The van der Waals surface area contributed by atoms with Crippen molar-refractivity contribution in [3.05, 3.63) is 29.8 Å². The van der Waals surface area contributed by atoms with Crippen molar-refractivity contribution in [3.8, 4) is 5.75 Å². The number of thioether (sulfide) groups is 1. The number of rotatable bonds is 7. The zero-order chi connectivity index (χ0) is 13.5. The molecule has 0 aliphatic rings. The Hall–Kier alpha value is -0.810. The van der Waals surface area contributed by atoms with Crippen molar-refractivity contribution in [1.82, 2.24) is 5.32 Å². The van der Waals surface area contributed by atoms with Crippen LogP contribution in [0.4, 0.5) is 8.78 Å². The second kappa shape index (κ2) is 7.59. The second-order valence-corrected chi connectivity index (χ2v) is 5.40. The van der Waals surface area contributed by atoms with Gasteiger partial charge in [0.2, 0.25) is 0 Å². The van der Waals surface area contributed by atoms with E-state index in [-0.39, 0.29) is 11.8 Å². The molecule has 0 aromatic heterocycles. The smallest absolute Gasteiger partial charge is 0.387 e. The summed E-state index contributed by atoms with van der Waals surface area (Å²) >= 11 is 1.79. The van der Waals surface area contributed by atoms with Gasteiger partial charge in [0.1, 0.15) is 5.75 Å². The molecule has 0 bridgehead atoms. The van der Waals surface area contributed by atoms with Gasteiger partial charge in [-0.2, -0.15) is 20.5 Å². The predicted molar refractivity (Wildman–Crippen MR) is 72.5 cm³/mol. The third-order valence-corrected chi connectivity index (χ3v) is 3.67. The highest BCUT2D eigenvalue weighted by Gasteiger charge is 2.09. The fraction of sp³-hybridized carbons (Fsp3) is 0.538. The maximum atomic E-state index is 12.1. The summed E-state index contributed by atoms with van der Waals surface area (Å²) in [6.07, 6.45) is 2.06. The molecule has 1 rings (SSSR count). The molecule has 5 heteroatoms. The van der Waals surface area contributed by atoms with Crippen molar-refractivity contribution in [1.29, 1.82) is 0 Å². The van der Waals surface area contributed by atoms with Gasteiger partial charge in [-0.05, 0) is 30.9 Å². The van der Waals surface area contributed by atoms with E-state index in [1.807, 2.05) is 13.0 Å². The summed E-state index contributed by atoms with van der Waals surface area (Å²) in [5.74, 6) is 0.203. The minimum atomic E-state index is -2.78. The topological polar surface area (TPSA) is 21.3 Å². The molecule has 0 heterocycles. The maximum absolute atomic E-state index is 12.1. The highest BCUT2D eigenvalue weighted by atomic mass is 32.2. The van der Waals surface area contributed by atoms with Gasteiger partial charge in [-0.15, -0.1) is 0 Å². The van der Waals surface area contributed by atoms with Gasteiger partial charge in [0.15, 0.2) is 0 Å². The first-order valence-electron chi connectivity index (χ1n) is 5.84. The molecule has 0 aliphatic heterocycles. The lowest BCUT2D eigenvalue weighted by Crippen LogP contribution is -2.25. The Kier molecular flexibility index (Phi) is 6.43. The second-order valence-electron chi connectivity index (χ2n) is 4.13. The van der Waals surface area contributed by atoms with Crippen molar-refractivity contribution in [2.45, 2.75) is 31.8 Å². The van der Waals surface area contributed by atoms with Crippen LogP contribution in [0.15, 0.2) is 24.3 Å². The Balaban J connectivity index is 2.59. The third kappa shape index (κ3) is 5.23. The molecular formula is C13H19F2NOS. The number of hydrogen-bond donors (Lipinski definition) is 1. The van der Waals surface area contributed by atoms with Crippen LogP contribution in [0, 0.1) is 0 Å². The van der Waals surface area contributed by atoms with Gasteiger partial charge in [0.25, 0.3) is 0 Å². The minimum Gasteiger partial charge on any atom is -0.435 e. The van der Waals surface area contributed by atoms with Crippen LogP contribution < -0.4 is 10.1 Å². The van der Waals surface area contributed by atoms with Crippen LogP contribution in [0.2, 0.25) is 0 Å². The van der Waals surface area contributed by atoms with Gasteiger partial charge in [-0.25, -0.2) is 0 Å². The number of benzene rings is 1. The van der Waals surface area contributed by atoms with Crippen molar-refractivity contribution in [2.75, 3.05) is 12.8 Å². The van der Waals surface area contributed by atoms with E-state index in [9.17, 15) is 8.78 Å². The van der Waals surface area contributed by atoms with Gasteiger partial charge < -0.3 is 10.1 Å². The fourth-order valence-electron chi connectivity index (χ4n) is 1.50. The Labute approximate surface area is 111 Å². The zero-order valence-electron chi connectivity index (χ0n) is 10.8. The molecule has 0 radical (unpaired) electrons. The van der Waals surface area contributed by atoms with Crippen molar-refractivity contribution < 1.29 is 13.5 Å². The van der Waals surface area contributed by atoms with Gasteiger partial charge >= 0.3 is 6.61 Å². The fourth-order valence-corrected chi connectivity index (χ4v) is 1.77. The summed E-state index contributed by atoms with van der Waals surface area (Å²) in [6.45, 7) is 2.25. The van der Waals surface area contributed by atoms with Crippen LogP contribution in [0.3, 0.4) is 0 Å². The molecule has 2 atom stereocenters. The van der Waals surface area contributed by atoms with E-state index in [0.29, 0.717) is 5.25 Å². The van der Waals surface area contributed by atoms with Crippen LogP contribution in [0.5, 0.6) is 5.75 Å². The molecule has 0 amide bonds. The van der Waals surface area contributed by atoms with Crippen LogP contribution in [-0.4, -0.2) is 24.7 Å². The first-order valence-corrected chi connectivity index (χ1v) is 7.12. The standard InChI is InChI=1S/C13H19F2NOS/c1-9(18-3)8-16-10(2)11-5-4-6-12(7-11)17-13(14)15/h4-7,9-10,13,16H,8H2,1-3H3. The van der Waals surface area contributed by atoms with Gasteiger partial charge in [-0.3, -0.25) is 0 Å². The van der Waals surface area contributed by atoms with Crippen LogP contribution in [-0.2, 0) is 0 Å². The normalized spacial score (nSPS) is 14.6. The number of ether oxygens (including phenoxy) is 1. The molecule has 0 saturated heterocycles. The number of nitrogens with one attached hydrogen (secondary N) is 1. The van der Waals surface area contributed by atoms with E-state index in [1.165, 1.54) is 6.07 Å². The van der Waals surface area contributed by atoms with Crippen molar-refractivity contribution >= 4 is 11.8 Å². The van der Waals surface area contributed by atoms with Crippen LogP contribution in [0.25, 0.3) is 0 Å². The average molecular weight is 275 g/mol. The minimum absolute atomic E-state index is 0.112. The molecule has 1 N–H and O–H groups in total. The maximum Gasteiger partial charge on any atom is 0.387 e. The highest BCUT2D eigenvalue weighted by Crippen LogP contribution is 2.20. The Morgan fingerprint density at radius 1 is 1.33 bits per heavy atom. The lowest BCUT2D eigenvalue weighted by molar-refractivity contribution is -0.0499. The quantitative estimate of drug-likeness (QED) is 0.820. The summed E-state index contributed by atoms with van der Waals surface area (Å²) in [5, 5.41) is 3.89. The van der Waals surface area contributed by atoms with E-state index in [4.69, 9.17) is 0 Å². The lowest BCUT2D eigenvalue weighted by Gasteiger charge is -2.17. The Morgan fingerprint density at radius 2 is 2.06 bits per heavy atom. The van der Waals surface area contributed by atoms with Crippen molar-refractivity contribution in [3.63, 3.8) is 0 Å². The van der Waals surface area contributed by atoms with E-state index >= 15 is 0 Å². The third-order valence-electron chi connectivity index (χ3n) is 2.70. The molecule has 1 aromatic rings. The largest absolute Gasteiger partial charge is 0.435 e. The Bertz CT molecular complexity index is 363. The molecule has 18 heavy (non-hydrogen) atoms. The number of halogens is 2. The average Bonchev–Trinajstić information content (AvgIpc) is 2.35. The van der Waals surface area contributed by atoms with Crippen molar-refractivity contribution in [2.24, 2.45) is 0 Å². The van der Waals surface area contributed by atoms with E-state index < -0.39 is 6.61 Å². The zero-order valence-corrected chi connectivity index (χ0v) is 11.6. The van der Waals surface area contributed by atoms with Crippen LogP contribution in [0.1, 0.15) is 25.5 Å². The molecular weight excluding hydrogens is 256 g/mol. The SMILES string of the molecule is CSC(C)CNC(C)c1cccc(OC(F)F)c1. The lowest BCUT2D eigenvalue weighted by atomic mass is 10.1. The molecule has 0 aliphatic carbocycles. The molecule has 0 saturated carbocycles. The summed E-state index contributed by atoms with van der Waals surface area (Å²) in [5.41, 5.74) is 0.946. The summed E-state index contributed by atoms with van der Waals surface area (Å²) in [7, 11) is 0. The first kappa shape index (κ1) is 15.2. The molecule has 2 unspecified atom stereocenters. The monoisotopic (exact) mass is 275 g/mol. The molecule has 102 valence electrons. The van der Waals surface area contributed by atoms with E-state index in [2.05, 4.69) is 23.2 Å². The molecule has 0 fully saturated rings. The first-order chi connectivity index (χ1) is 8.52. The van der Waals surface area contributed by atoms with Crippen LogP contribution >= 0.6 is 11.8 Å². The predicted octanol–water partition coefficient (Wildman–Crippen LogP) is 3.69. The number of hydrogen-bond acceptors (Lipinski definition) is 3. The van der Waals surface area contributed by atoms with E-state index in [0.717, 1.165) is 12.1 Å². The summed E-state index contributed by atoms with van der Waals surface area (Å²) in [6, 6.07) is 6.92. The molecule has 0 spiro atoms. The van der Waals surface area contributed by atoms with Gasteiger partial charge in [0, 0.05) is 17.8 Å². The number of alkyl halides is 2. The van der Waals surface area contributed by atoms with E-state index in [1.54, 1.807) is 23.9 Å². The van der Waals surface area contributed by atoms with Gasteiger partial charge in [0.05, 0.1) is 0 Å². The summed E-state index contributed by atoms with van der Waals surface area (Å²) in [4.78, 5) is 0. The molecule has 1 aromatic carbocycles. The summed E-state index contributed by atoms with van der Waals surface area (Å²) < 4.78 is 28.6. The van der Waals surface area contributed by atoms with Gasteiger partial charge in [-0.1, -0.05) is 19.1 Å². The highest BCUT2D eigenvalue weighted by molar-refractivity contribution is 7.99.